The number of nitrogens with zero attached hydrogens (tertiary/aromatic N) is 2. The van der Waals surface area contributed by atoms with Crippen molar-refractivity contribution < 1.29 is 4.79 Å². The van der Waals surface area contributed by atoms with Crippen molar-refractivity contribution in [1.82, 2.24) is 9.88 Å². The van der Waals surface area contributed by atoms with Gasteiger partial charge in [0.15, 0.2) is 0 Å². The molecule has 1 N–H and O–H groups in total. The second kappa shape index (κ2) is 8.31. The number of hydrogen-bond donors (Lipinski definition) is 1. The molecule has 0 aromatic carbocycles. The van der Waals surface area contributed by atoms with Crippen LogP contribution >= 0.6 is 11.3 Å². The van der Waals surface area contributed by atoms with Gasteiger partial charge in [-0.15, -0.1) is 11.3 Å². The van der Waals surface area contributed by atoms with Crippen molar-refractivity contribution in [3.63, 3.8) is 0 Å². The first-order chi connectivity index (χ1) is 12.4. The minimum absolute atomic E-state index is 0.00738. The van der Waals surface area contributed by atoms with Crippen molar-refractivity contribution in [3.05, 3.63) is 46.1 Å². The molecular formula is C21H29N3OS. The van der Waals surface area contributed by atoms with Gasteiger partial charge in [0, 0.05) is 35.8 Å². The fraction of sp³-hybridized carbons (Fsp3) is 0.524. The van der Waals surface area contributed by atoms with Gasteiger partial charge in [-0.1, -0.05) is 0 Å². The number of likely N-dealkylation sites (tertiary alicyclic amines) is 1. The molecule has 3 heterocycles. The topological polar surface area (TPSA) is 45.2 Å². The molecule has 1 aliphatic rings. The molecule has 26 heavy (non-hydrogen) atoms. The Hall–Kier alpha value is -1.72. The van der Waals surface area contributed by atoms with E-state index in [2.05, 4.69) is 54.2 Å². The Morgan fingerprint density at radius 1 is 1.35 bits per heavy atom. The van der Waals surface area contributed by atoms with Crippen molar-refractivity contribution >= 4 is 22.2 Å². The molecule has 1 aliphatic heterocycles. The summed E-state index contributed by atoms with van der Waals surface area (Å²) < 4.78 is 0. The zero-order valence-electron chi connectivity index (χ0n) is 16.2. The maximum atomic E-state index is 11.2. The lowest BCUT2D eigenvalue weighted by Gasteiger charge is -2.36. The molecule has 140 valence electrons. The summed E-state index contributed by atoms with van der Waals surface area (Å²) in [5.41, 5.74) is 3.65. The van der Waals surface area contributed by atoms with E-state index in [4.69, 9.17) is 0 Å². The van der Waals surface area contributed by atoms with Crippen LogP contribution in [0.5, 0.6) is 0 Å². The highest BCUT2D eigenvalue weighted by Crippen LogP contribution is 2.33. The predicted molar refractivity (Wildman–Crippen MR) is 109 cm³/mol. The number of carbonyl (C=O) groups is 1. The van der Waals surface area contributed by atoms with Crippen LogP contribution in [0.2, 0.25) is 0 Å². The van der Waals surface area contributed by atoms with Crippen LogP contribution in [-0.2, 0) is 11.2 Å². The van der Waals surface area contributed by atoms with E-state index < -0.39 is 0 Å². The Morgan fingerprint density at radius 3 is 2.77 bits per heavy atom. The lowest BCUT2D eigenvalue weighted by molar-refractivity contribution is -0.114. The Kier molecular flexibility index (Phi) is 6.09. The molecule has 1 saturated heterocycles. The molecular weight excluding hydrogens is 342 g/mol. The van der Waals surface area contributed by atoms with E-state index in [-0.39, 0.29) is 5.91 Å². The molecule has 5 heteroatoms. The molecule has 2 unspecified atom stereocenters. The van der Waals surface area contributed by atoms with Crippen LogP contribution in [0.1, 0.15) is 54.6 Å². The number of thiophene rings is 1. The summed E-state index contributed by atoms with van der Waals surface area (Å²) in [6.07, 6.45) is 3.68. The first-order valence-electron chi connectivity index (χ1n) is 9.46. The number of aromatic nitrogens is 1. The van der Waals surface area contributed by atoms with Gasteiger partial charge in [0.05, 0.1) is 5.00 Å². The molecule has 3 rings (SSSR count). The summed E-state index contributed by atoms with van der Waals surface area (Å²) >= 11 is 1.69. The maximum Gasteiger partial charge on any atom is 0.221 e. The fourth-order valence-corrected chi connectivity index (χ4v) is 5.03. The standard InChI is InChI=1S/C21H29N3OS/c1-14-10-19(11-15(2)22-14)12-18-6-5-9-24(13-18)16(3)20-7-8-21(26-20)23-17(4)25/h7-8,10-11,16,18H,5-6,9,12-13H2,1-4H3,(H,23,25). The zero-order chi connectivity index (χ0) is 18.7. The smallest absolute Gasteiger partial charge is 0.221 e. The van der Waals surface area contributed by atoms with E-state index in [9.17, 15) is 4.79 Å². The number of pyridine rings is 1. The van der Waals surface area contributed by atoms with Crippen molar-refractivity contribution in [2.45, 2.75) is 53.0 Å². The maximum absolute atomic E-state index is 11.2. The molecule has 1 fully saturated rings. The van der Waals surface area contributed by atoms with Crippen LogP contribution < -0.4 is 5.32 Å². The number of anilines is 1. The number of amides is 1. The Morgan fingerprint density at radius 2 is 2.08 bits per heavy atom. The molecule has 2 atom stereocenters. The zero-order valence-corrected chi connectivity index (χ0v) is 17.0. The van der Waals surface area contributed by atoms with Gasteiger partial charge < -0.3 is 5.32 Å². The quantitative estimate of drug-likeness (QED) is 0.826. The molecule has 0 saturated carbocycles. The van der Waals surface area contributed by atoms with E-state index in [1.54, 1.807) is 18.3 Å². The molecule has 2 aromatic rings. The van der Waals surface area contributed by atoms with Crippen LogP contribution in [0.15, 0.2) is 24.3 Å². The van der Waals surface area contributed by atoms with Crippen LogP contribution in [0.4, 0.5) is 5.00 Å². The van der Waals surface area contributed by atoms with Crippen LogP contribution in [-0.4, -0.2) is 28.9 Å². The molecule has 1 amide bonds. The lowest BCUT2D eigenvalue weighted by Crippen LogP contribution is -2.37. The second-order valence-electron chi connectivity index (χ2n) is 7.52. The van der Waals surface area contributed by atoms with Gasteiger partial charge in [0.1, 0.15) is 0 Å². The number of aryl methyl sites for hydroxylation is 2. The van der Waals surface area contributed by atoms with Crippen LogP contribution in [0, 0.1) is 19.8 Å². The molecule has 0 radical (unpaired) electrons. The normalized spacial score (nSPS) is 19.3. The number of carbonyl (C=O) groups excluding carboxylic acids is 1. The summed E-state index contributed by atoms with van der Waals surface area (Å²) in [5.74, 6) is 0.689. The summed E-state index contributed by atoms with van der Waals surface area (Å²) in [6.45, 7) is 10.3. The predicted octanol–water partition coefficient (Wildman–Crippen LogP) is 4.73. The first kappa shape index (κ1) is 19.1. The van der Waals surface area contributed by atoms with Gasteiger partial charge in [-0.25, -0.2) is 0 Å². The molecule has 0 aliphatic carbocycles. The average Bonchev–Trinajstić information content (AvgIpc) is 3.01. The van der Waals surface area contributed by atoms with Gasteiger partial charge in [-0.2, -0.15) is 0 Å². The van der Waals surface area contributed by atoms with Gasteiger partial charge in [-0.3, -0.25) is 14.7 Å². The molecule has 2 aromatic heterocycles. The summed E-state index contributed by atoms with van der Waals surface area (Å²) in [5, 5.41) is 3.83. The molecule has 0 spiro atoms. The molecule has 0 bridgehead atoms. The largest absolute Gasteiger partial charge is 0.318 e. The van der Waals surface area contributed by atoms with E-state index >= 15 is 0 Å². The third-order valence-corrected chi connectivity index (χ3v) is 6.27. The monoisotopic (exact) mass is 371 g/mol. The fourth-order valence-electron chi connectivity index (χ4n) is 3.99. The summed E-state index contributed by atoms with van der Waals surface area (Å²) in [4.78, 5) is 19.7. The Balaban J connectivity index is 1.63. The highest BCUT2D eigenvalue weighted by Gasteiger charge is 2.25. The number of nitrogens with one attached hydrogen (secondary N) is 1. The Labute approximate surface area is 160 Å². The minimum Gasteiger partial charge on any atom is -0.318 e. The summed E-state index contributed by atoms with van der Waals surface area (Å²) in [6, 6.07) is 9.02. The highest BCUT2D eigenvalue weighted by molar-refractivity contribution is 7.16. The van der Waals surface area contributed by atoms with Gasteiger partial charge in [0.2, 0.25) is 5.91 Å². The van der Waals surface area contributed by atoms with Gasteiger partial charge in [0.25, 0.3) is 0 Å². The van der Waals surface area contributed by atoms with E-state index in [1.165, 1.54) is 23.3 Å². The third-order valence-electron chi connectivity index (χ3n) is 5.10. The number of piperidine rings is 1. The van der Waals surface area contributed by atoms with Gasteiger partial charge in [-0.05, 0) is 82.3 Å². The van der Waals surface area contributed by atoms with Crippen molar-refractivity contribution in [3.8, 4) is 0 Å². The SMILES string of the molecule is CC(=O)Nc1ccc(C(C)N2CCCC(Cc3cc(C)nc(C)c3)C2)s1. The third kappa shape index (κ3) is 4.92. The van der Waals surface area contributed by atoms with Gasteiger partial charge >= 0.3 is 0 Å². The number of rotatable bonds is 5. The lowest BCUT2D eigenvalue weighted by atomic mass is 9.90. The number of hydrogen-bond acceptors (Lipinski definition) is 4. The van der Waals surface area contributed by atoms with Crippen LogP contribution in [0.25, 0.3) is 0 Å². The summed E-state index contributed by atoms with van der Waals surface area (Å²) in [7, 11) is 0. The minimum atomic E-state index is -0.00738. The van der Waals surface area contributed by atoms with E-state index in [1.807, 2.05) is 6.07 Å². The van der Waals surface area contributed by atoms with Crippen molar-refractivity contribution in [2.24, 2.45) is 5.92 Å². The highest BCUT2D eigenvalue weighted by atomic mass is 32.1. The van der Waals surface area contributed by atoms with E-state index in [0.29, 0.717) is 12.0 Å². The van der Waals surface area contributed by atoms with E-state index in [0.717, 1.165) is 35.9 Å². The first-order valence-corrected chi connectivity index (χ1v) is 10.3. The van der Waals surface area contributed by atoms with Crippen molar-refractivity contribution in [1.29, 1.82) is 0 Å². The van der Waals surface area contributed by atoms with Crippen LogP contribution in [0.3, 0.4) is 0 Å². The molecule has 4 nitrogen and oxygen atoms in total. The average molecular weight is 372 g/mol. The Bertz CT molecular complexity index is 750. The van der Waals surface area contributed by atoms with Crippen molar-refractivity contribution in [2.75, 3.05) is 18.4 Å². The second-order valence-corrected chi connectivity index (χ2v) is 8.64.